The summed E-state index contributed by atoms with van der Waals surface area (Å²) in [6.07, 6.45) is 2.59. The van der Waals surface area contributed by atoms with Crippen molar-refractivity contribution in [2.24, 2.45) is 5.92 Å². The molecule has 1 fully saturated rings. The number of hydrogen-bond donors (Lipinski definition) is 0. The number of alkyl halides is 1. The summed E-state index contributed by atoms with van der Waals surface area (Å²) < 4.78 is 12.0. The van der Waals surface area contributed by atoms with Gasteiger partial charge in [-0.05, 0) is 37.0 Å². The molecule has 0 heterocycles. The Morgan fingerprint density at radius 1 is 1.38 bits per heavy atom. The molecule has 0 aromatic heterocycles. The molecule has 1 aliphatic carbocycles. The van der Waals surface area contributed by atoms with Crippen molar-refractivity contribution in [1.82, 2.24) is 0 Å². The third-order valence-electron chi connectivity index (χ3n) is 2.51. The smallest absolute Gasteiger partial charge is 0.189 e. The van der Waals surface area contributed by atoms with Gasteiger partial charge in [-0.25, -0.2) is 0 Å². The zero-order valence-electron chi connectivity index (χ0n) is 8.92. The van der Waals surface area contributed by atoms with Gasteiger partial charge in [0.15, 0.2) is 6.79 Å². The van der Waals surface area contributed by atoms with E-state index in [0.717, 1.165) is 28.3 Å². The SMILES string of the molecule is ClCc1cc(Br)ccc1OCOCC1CC1. The first kappa shape index (κ1) is 12.2. The minimum atomic E-state index is 0.308. The molecule has 0 N–H and O–H groups in total. The minimum absolute atomic E-state index is 0.308. The van der Waals surface area contributed by atoms with Crippen LogP contribution in [-0.4, -0.2) is 13.4 Å². The van der Waals surface area contributed by atoms with E-state index in [1.54, 1.807) is 0 Å². The van der Waals surface area contributed by atoms with Gasteiger partial charge in [-0.1, -0.05) is 15.9 Å². The van der Waals surface area contributed by atoms with Crippen molar-refractivity contribution in [2.45, 2.75) is 18.7 Å². The van der Waals surface area contributed by atoms with Crippen molar-refractivity contribution in [3.8, 4) is 5.75 Å². The second kappa shape index (κ2) is 5.89. The molecule has 1 saturated carbocycles. The molecule has 0 amide bonds. The maximum Gasteiger partial charge on any atom is 0.189 e. The fraction of sp³-hybridized carbons (Fsp3) is 0.500. The van der Waals surface area contributed by atoms with E-state index in [2.05, 4.69) is 15.9 Å². The molecule has 2 rings (SSSR count). The lowest BCUT2D eigenvalue weighted by molar-refractivity contribution is 0.00956. The number of benzene rings is 1. The van der Waals surface area contributed by atoms with Crippen LogP contribution in [0.3, 0.4) is 0 Å². The van der Waals surface area contributed by atoms with Gasteiger partial charge >= 0.3 is 0 Å². The van der Waals surface area contributed by atoms with Crippen molar-refractivity contribution >= 4 is 27.5 Å². The Labute approximate surface area is 109 Å². The molecule has 2 nitrogen and oxygen atoms in total. The highest BCUT2D eigenvalue weighted by atomic mass is 79.9. The molecule has 1 aromatic rings. The fourth-order valence-corrected chi connectivity index (χ4v) is 2.02. The maximum atomic E-state index is 5.84. The van der Waals surface area contributed by atoms with Crippen LogP contribution in [0.2, 0.25) is 0 Å². The molecule has 1 aromatic carbocycles. The van der Waals surface area contributed by atoms with E-state index in [-0.39, 0.29) is 0 Å². The molecule has 0 aliphatic heterocycles. The number of halogens is 2. The van der Waals surface area contributed by atoms with Crippen molar-refractivity contribution in [1.29, 1.82) is 0 Å². The summed E-state index contributed by atoms with van der Waals surface area (Å²) in [7, 11) is 0. The first-order valence-corrected chi connectivity index (χ1v) is 6.67. The Hall–Kier alpha value is -0.250. The molecule has 0 spiro atoms. The van der Waals surface area contributed by atoms with Crippen LogP contribution in [0.4, 0.5) is 0 Å². The van der Waals surface area contributed by atoms with Crippen LogP contribution in [0.15, 0.2) is 22.7 Å². The average Bonchev–Trinajstić information content (AvgIpc) is 3.09. The summed E-state index contributed by atoms with van der Waals surface area (Å²) >= 11 is 9.24. The predicted octanol–water partition coefficient (Wildman–Crippen LogP) is 3.95. The average molecular weight is 306 g/mol. The molecule has 0 radical (unpaired) electrons. The monoisotopic (exact) mass is 304 g/mol. The Morgan fingerprint density at radius 3 is 2.88 bits per heavy atom. The van der Waals surface area contributed by atoms with Gasteiger partial charge in [-0.3, -0.25) is 0 Å². The molecule has 88 valence electrons. The van der Waals surface area contributed by atoms with Crippen LogP contribution in [-0.2, 0) is 10.6 Å². The Bertz CT molecular complexity index is 353. The van der Waals surface area contributed by atoms with Crippen LogP contribution < -0.4 is 4.74 Å². The van der Waals surface area contributed by atoms with E-state index in [4.69, 9.17) is 21.1 Å². The van der Waals surface area contributed by atoms with Gasteiger partial charge in [0.05, 0.1) is 12.5 Å². The Morgan fingerprint density at radius 2 is 2.19 bits per heavy atom. The lowest BCUT2D eigenvalue weighted by atomic mass is 10.2. The zero-order chi connectivity index (χ0) is 11.4. The second-order valence-electron chi connectivity index (χ2n) is 3.96. The number of rotatable bonds is 6. The van der Waals surface area contributed by atoms with Crippen molar-refractivity contribution in [2.75, 3.05) is 13.4 Å². The number of hydrogen-bond acceptors (Lipinski definition) is 2. The number of ether oxygens (including phenoxy) is 2. The highest BCUT2D eigenvalue weighted by Crippen LogP contribution is 2.29. The Balaban J connectivity index is 1.82. The molecular formula is C12H14BrClO2. The van der Waals surface area contributed by atoms with E-state index >= 15 is 0 Å². The molecule has 0 bridgehead atoms. The largest absolute Gasteiger partial charge is 0.467 e. The van der Waals surface area contributed by atoms with E-state index in [1.165, 1.54) is 12.8 Å². The van der Waals surface area contributed by atoms with E-state index < -0.39 is 0 Å². The molecule has 16 heavy (non-hydrogen) atoms. The molecule has 1 aliphatic rings. The summed E-state index contributed by atoms with van der Waals surface area (Å²) in [5.74, 6) is 2.01. The van der Waals surface area contributed by atoms with Gasteiger partial charge in [-0.15, -0.1) is 11.6 Å². The van der Waals surface area contributed by atoms with Gasteiger partial charge in [0, 0.05) is 10.0 Å². The summed E-state index contributed by atoms with van der Waals surface area (Å²) in [6, 6.07) is 5.80. The van der Waals surface area contributed by atoms with Gasteiger partial charge in [0.2, 0.25) is 0 Å². The van der Waals surface area contributed by atoms with Gasteiger partial charge in [0.25, 0.3) is 0 Å². The van der Waals surface area contributed by atoms with Gasteiger partial charge in [-0.2, -0.15) is 0 Å². The summed E-state index contributed by atoms with van der Waals surface area (Å²) in [5, 5.41) is 0. The van der Waals surface area contributed by atoms with Crippen LogP contribution in [0, 0.1) is 5.92 Å². The molecule has 0 atom stereocenters. The molecule has 4 heteroatoms. The summed E-state index contributed by atoms with van der Waals surface area (Å²) in [4.78, 5) is 0. The van der Waals surface area contributed by atoms with Crippen molar-refractivity contribution in [3.05, 3.63) is 28.2 Å². The normalized spacial score (nSPS) is 15.1. The molecule has 0 unspecified atom stereocenters. The first-order chi connectivity index (χ1) is 7.79. The Kier molecular flexibility index (Phi) is 4.50. The van der Waals surface area contributed by atoms with E-state index in [0.29, 0.717) is 12.7 Å². The second-order valence-corrected chi connectivity index (χ2v) is 5.14. The van der Waals surface area contributed by atoms with Crippen LogP contribution in [0.1, 0.15) is 18.4 Å². The fourth-order valence-electron chi connectivity index (χ4n) is 1.40. The predicted molar refractivity (Wildman–Crippen MR) is 67.9 cm³/mol. The molecule has 0 saturated heterocycles. The minimum Gasteiger partial charge on any atom is -0.467 e. The van der Waals surface area contributed by atoms with Crippen LogP contribution in [0.25, 0.3) is 0 Å². The van der Waals surface area contributed by atoms with E-state index in [1.807, 2.05) is 18.2 Å². The summed E-state index contributed by atoms with van der Waals surface area (Å²) in [6.45, 7) is 1.12. The molecular weight excluding hydrogens is 291 g/mol. The van der Waals surface area contributed by atoms with E-state index in [9.17, 15) is 0 Å². The topological polar surface area (TPSA) is 18.5 Å². The zero-order valence-corrected chi connectivity index (χ0v) is 11.3. The first-order valence-electron chi connectivity index (χ1n) is 5.34. The van der Waals surface area contributed by atoms with Crippen molar-refractivity contribution in [3.63, 3.8) is 0 Å². The quantitative estimate of drug-likeness (QED) is 0.450. The van der Waals surface area contributed by atoms with Crippen LogP contribution in [0.5, 0.6) is 5.75 Å². The third kappa shape index (κ3) is 3.65. The highest BCUT2D eigenvalue weighted by molar-refractivity contribution is 9.10. The lowest BCUT2D eigenvalue weighted by Crippen LogP contribution is -2.06. The van der Waals surface area contributed by atoms with Gasteiger partial charge < -0.3 is 9.47 Å². The lowest BCUT2D eigenvalue weighted by Gasteiger charge is -2.10. The summed E-state index contributed by atoms with van der Waals surface area (Å²) in [5.41, 5.74) is 0.978. The van der Waals surface area contributed by atoms with Crippen LogP contribution >= 0.6 is 27.5 Å². The standard InChI is InChI=1S/C12H14BrClO2/c13-11-3-4-12(10(5-11)6-14)16-8-15-7-9-1-2-9/h3-5,9H,1-2,6-8H2. The third-order valence-corrected chi connectivity index (χ3v) is 3.30. The maximum absolute atomic E-state index is 5.84. The van der Waals surface area contributed by atoms with Gasteiger partial charge in [0.1, 0.15) is 5.75 Å². The van der Waals surface area contributed by atoms with Crippen molar-refractivity contribution < 1.29 is 9.47 Å². The highest BCUT2D eigenvalue weighted by Gasteiger charge is 2.21.